The zero-order chi connectivity index (χ0) is 23.3. The molecule has 9 nitrogen and oxygen atoms in total. The molecule has 1 N–H and O–H groups in total. The predicted octanol–water partition coefficient (Wildman–Crippen LogP) is 2.52. The van der Waals surface area contributed by atoms with Crippen LogP contribution >= 0.6 is 11.8 Å². The van der Waals surface area contributed by atoms with Gasteiger partial charge in [0.05, 0.1) is 28.8 Å². The van der Waals surface area contributed by atoms with Crippen molar-refractivity contribution in [2.24, 2.45) is 0 Å². The first-order valence-electron chi connectivity index (χ1n) is 11.0. The van der Waals surface area contributed by atoms with Crippen molar-refractivity contribution in [3.05, 3.63) is 36.5 Å². The summed E-state index contributed by atoms with van der Waals surface area (Å²) in [5.74, 6) is 0.390. The average molecular weight is 489 g/mol. The van der Waals surface area contributed by atoms with Gasteiger partial charge < -0.3 is 10.2 Å². The van der Waals surface area contributed by atoms with Gasteiger partial charge in [-0.05, 0) is 37.7 Å². The Morgan fingerprint density at radius 1 is 1.12 bits per heavy atom. The van der Waals surface area contributed by atoms with Gasteiger partial charge in [0.2, 0.25) is 5.91 Å². The minimum Gasteiger partial charge on any atom is -0.356 e. The summed E-state index contributed by atoms with van der Waals surface area (Å²) >= 11 is 1.49. The van der Waals surface area contributed by atoms with Gasteiger partial charge in [-0.1, -0.05) is 30.0 Å². The fourth-order valence-electron chi connectivity index (χ4n) is 3.89. The number of piperidine rings is 1. The highest BCUT2D eigenvalue weighted by atomic mass is 32.2. The monoisotopic (exact) mass is 488 g/mol. The highest BCUT2D eigenvalue weighted by Gasteiger charge is 2.20. The van der Waals surface area contributed by atoms with E-state index in [0.29, 0.717) is 18.2 Å². The van der Waals surface area contributed by atoms with Gasteiger partial charge in [-0.2, -0.15) is 5.10 Å². The van der Waals surface area contributed by atoms with E-state index in [4.69, 9.17) is 4.98 Å². The van der Waals surface area contributed by atoms with Crippen LogP contribution in [0.1, 0.15) is 25.7 Å². The number of carbonyl (C=O) groups is 1. The standard InChI is InChI=1S/C22H28N6O3S2/c1-32-22-25-20(27-12-6-3-7-13-27)18-16-24-28(21(18)26-22)14-11-23-19(29)10-15-33(30,31)17-8-4-2-5-9-17/h2,4-5,8-9,16H,3,6-7,10-15H2,1H3,(H,23,29). The SMILES string of the molecule is CSc1nc(N2CCCCC2)c2cnn(CCNC(=O)CCS(=O)(=O)c3ccccc3)c2n1. The lowest BCUT2D eigenvalue weighted by atomic mass is 10.1. The van der Waals surface area contributed by atoms with Crippen LogP contribution in [0.4, 0.5) is 5.82 Å². The van der Waals surface area contributed by atoms with E-state index >= 15 is 0 Å². The molecule has 0 saturated carbocycles. The molecule has 1 aliphatic rings. The Kier molecular flexibility index (Phi) is 7.49. The van der Waals surface area contributed by atoms with Crippen LogP contribution in [0.3, 0.4) is 0 Å². The van der Waals surface area contributed by atoms with Crippen molar-refractivity contribution in [1.82, 2.24) is 25.1 Å². The zero-order valence-corrected chi connectivity index (χ0v) is 20.2. The molecule has 33 heavy (non-hydrogen) atoms. The van der Waals surface area contributed by atoms with E-state index in [9.17, 15) is 13.2 Å². The topological polar surface area (TPSA) is 110 Å². The van der Waals surface area contributed by atoms with Gasteiger partial charge in [-0.3, -0.25) is 4.79 Å². The molecule has 3 heterocycles. The summed E-state index contributed by atoms with van der Waals surface area (Å²) in [6, 6.07) is 8.18. The van der Waals surface area contributed by atoms with Crippen molar-refractivity contribution in [3.63, 3.8) is 0 Å². The number of hydrogen-bond donors (Lipinski definition) is 1. The summed E-state index contributed by atoms with van der Waals surface area (Å²) < 4.78 is 26.5. The molecule has 1 amide bonds. The van der Waals surface area contributed by atoms with Crippen molar-refractivity contribution >= 4 is 44.4 Å². The maximum atomic E-state index is 12.4. The van der Waals surface area contributed by atoms with Crippen molar-refractivity contribution in [3.8, 4) is 0 Å². The van der Waals surface area contributed by atoms with Gasteiger partial charge in [-0.25, -0.2) is 23.1 Å². The second-order valence-electron chi connectivity index (χ2n) is 7.92. The van der Waals surface area contributed by atoms with E-state index in [2.05, 4.69) is 20.3 Å². The zero-order valence-electron chi connectivity index (χ0n) is 18.6. The fourth-order valence-corrected chi connectivity index (χ4v) is 5.50. The van der Waals surface area contributed by atoms with Gasteiger partial charge in [-0.15, -0.1) is 0 Å². The molecule has 0 bridgehead atoms. The minimum atomic E-state index is -3.48. The van der Waals surface area contributed by atoms with Gasteiger partial charge in [0.25, 0.3) is 0 Å². The average Bonchev–Trinajstić information content (AvgIpc) is 3.26. The summed E-state index contributed by atoms with van der Waals surface area (Å²) in [4.78, 5) is 24.1. The maximum absolute atomic E-state index is 12.4. The Balaban J connectivity index is 1.38. The summed E-state index contributed by atoms with van der Waals surface area (Å²) in [5, 5.41) is 8.88. The van der Waals surface area contributed by atoms with Crippen molar-refractivity contribution in [1.29, 1.82) is 0 Å². The van der Waals surface area contributed by atoms with Gasteiger partial charge in [0.1, 0.15) is 5.82 Å². The molecule has 0 spiro atoms. The number of nitrogens with zero attached hydrogens (tertiary/aromatic N) is 5. The molecule has 1 fully saturated rings. The van der Waals surface area contributed by atoms with Gasteiger partial charge in [0.15, 0.2) is 20.6 Å². The number of sulfone groups is 1. The molecular weight excluding hydrogens is 460 g/mol. The second kappa shape index (κ2) is 10.5. The molecular formula is C22H28N6O3S2. The highest BCUT2D eigenvalue weighted by molar-refractivity contribution is 7.98. The Bertz CT molecular complexity index is 1210. The molecule has 1 aromatic carbocycles. The molecule has 2 aromatic heterocycles. The largest absolute Gasteiger partial charge is 0.356 e. The van der Waals surface area contributed by atoms with Crippen molar-refractivity contribution in [2.75, 3.05) is 36.5 Å². The van der Waals surface area contributed by atoms with Crippen LogP contribution in [0, 0.1) is 0 Å². The van der Waals surface area contributed by atoms with E-state index in [1.54, 1.807) is 41.2 Å². The maximum Gasteiger partial charge on any atom is 0.221 e. The Morgan fingerprint density at radius 3 is 2.61 bits per heavy atom. The van der Waals surface area contributed by atoms with Gasteiger partial charge in [0, 0.05) is 26.1 Å². The predicted molar refractivity (Wildman–Crippen MR) is 129 cm³/mol. The van der Waals surface area contributed by atoms with Crippen LogP contribution in [0.25, 0.3) is 11.0 Å². The Morgan fingerprint density at radius 2 is 1.88 bits per heavy atom. The van der Waals surface area contributed by atoms with Crippen molar-refractivity contribution in [2.45, 2.75) is 42.3 Å². The number of benzene rings is 1. The first kappa shape index (κ1) is 23.5. The van der Waals surface area contributed by atoms with Gasteiger partial charge >= 0.3 is 0 Å². The molecule has 1 saturated heterocycles. The number of fused-ring (bicyclic) bond motifs is 1. The lowest BCUT2D eigenvalue weighted by Crippen LogP contribution is -2.30. The van der Waals surface area contributed by atoms with E-state index in [1.165, 1.54) is 18.2 Å². The fraction of sp³-hybridized carbons (Fsp3) is 0.455. The highest BCUT2D eigenvalue weighted by Crippen LogP contribution is 2.28. The third-order valence-electron chi connectivity index (χ3n) is 5.64. The quantitative estimate of drug-likeness (QED) is 0.361. The third-order valence-corrected chi connectivity index (χ3v) is 7.92. The molecule has 0 radical (unpaired) electrons. The molecule has 0 unspecified atom stereocenters. The number of aromatic nitrogens is 4. The Hall–Kier alpha value is -2.66. The van der Waals surface area contributed by atoms with E-state index < -0.39 is 9.84 Å². The van der Waals surface area contributed by atoms with E-state index in [-0.39, 0.29) is 23.0 Å². The van der Waals surface area contributed by atoms with Crippen LogP contribution < -0.4 is 10.2 Å². The van der Waals surface area contributed by atoms with Crippen LogP contribution in [0.15, 0.2) is 46.6 Å². The number of carbonyl (C=O) groups excluding carboxylic acids is 1. The Labute approximate surface area is 197 Å². The molecule has 0 aliphatic carbocycles. The van der Waals surface area contributed by atoms with Crippen LogP contribution in [-0.2, 0) is 21.2 Å². The number of amides is 1. The molecule has 3 aromatic rings. The molecule has 1 aliphatic heterocycles. The summed E-state index contributed by atoms with van der Waals surface area (Å²) in [7, 11) is -3.48. The third kappa shape index (κ3) is 5.64. The van der Waals surface area contributed by atoms with Crippen LogP contribution in [0.2, 0.25) is 0 Å². The number of hydrogen-bond acceptors (Lipinski definition) is 8. The van der Waals surface area contributed by atoms with Crippen molar-refractivity contribution < 1.29 is 13.2 Å². The molecule has 176 valence electrons. The summed E-state index contributed by atoms with van der Waals surface area (Å²) in [6.07, 6.45) is 7.20. The van der Waals surface area contributed by atoms with Crippen LogP contribution in [0.5, 0.6) is 0 Å². The first-order valence-corrected chi connectivity index (χ1v) is 13.9. The number of anilines is 1. The molecule has 0 atom stereocenters. The summed E-state index contributed by atoms with van der Waals surface area (Å²) in [6.45, 7) is 2.73. The molecule has 11 heteroatoms. The number of nitrogens with one attached hydrogen (secondary N) is 1. The normalized spacial score (nSPS) is 14.5. The smallest absolute Gasteiger partial charge is 0.221 e. The second-order valence-corrected chi connectivity index (χ2v) is 10.8. The van der Waals surface area contributed by atoms with Crippen LogP contribution in [-0.4, -0.2) is 65.7 Å². The minimum absolute atomic E-state index is 0.0883. The number of rotatable bonds is 9. The summed E-state index contributed by atoms with van der Waals surface area (Å²) in [5.41, 5.74) is 0.746. The number of thioether (sulfide) groups is 1. The van der Waals surface area contributed by atoms with E-state index in [0.717, 1.165) is 42.8 Å². The van der Waals surface area contributed by atoms with E-state index in [1.807, 2.05) is 6.26 Å². The lowest BCUT2D eigenvalue weighted by molar-refractivity contribution is -0.120. The lowest BCUT2D eigenvalue weighted by Gasteiger charge is -2.28. The molecule has 4 rings (SSSR count). The first-order chi connectivity index (χ1) is 16.0.